The van der Waals surface area contributed by atoms with Crippen molar-refractivity contribution in [1.29, 1.82) is 0 Å². The average molecular weight is 402 g/mol. The monoisotopic (exact) mass is 401 g/mol. The number of carbonyl (C=O) groups is 2. The first-order valence-corrected chi connectivity index (χ1v) is 10.5. The lowest BCUT2D eigenvalue weighted by molar-refractivity contribution is 0.0000519. The maximum atomic E-state index is 12.4. The van der Waals surface area contributed by atoms with E-state index in [4.69, 9.17) is 9.47 Å². The lowest BCUT2D eigenvalue weighted by Gasteiger charge is -2.46. The van der Waals surface area contributed by atoms with Gasteiger partial charge in [0, 0.05) is 37.3 Å². The van der Waals surface area contributed by atoms with E-state index < -0.39 is 5.60 Å². The molecule has 1 aromatic rings. The van der Waals surface area contributed by atoms with Crippen LogP contribution in [-0.4, -0.2) is 64.8 Å². The summed E-state index contributed by atoms with van der Waals surface area (Å²) in [5, 5.41) is 2.96. The van der Waals surface area contributed by atoms with Gasteiger partial charge in [-0.25, -0.2) is 9.59 Å². The zero-order valence-electron chi connectivity index (χ0n) is 17.5. The second kappa shape index (κ2) is 7.86. The molecule has 0 radical (unpaired) electrons. The average Bonchev–Trinajstić information content (AvgIpc) is 3.22. The summed E-state index contributed by atoms with van der Waals surface area (Å²) >= 11 is 0. The zero-order chi connectivity index (χ0) is 20.6. The Morgan fingerprint density at radius 1 is 1.03 bits per heavy atom. The van der Waals surface area contributed by atoms with E-state index in [1.165, 1.54) is 0 Å². The molecular weight excluding hydrogens is 370 g/mol. The number of alkyl carbamates (subject to hydrolysis) is 1. The van der Waals surface area contributed by atoms with Crippen molar-refractivity contribution in [3.05, 3.63) is 35.9 Å². The topological polar surface area (TPSA) is 71.1 Å². The van der Waals surface area contributed by atoms with Crippen LogP contribution in [0.15, 0.2) is 30.3 Å². The Balaban J connectivity index is 1.17. The van der Waals surface area contributed by atoms with Crippen LogP contribution in [0.4, 0.5) is 9.59 Å². The molecule has 3 fully saturated rings. The summed E-state index contributed by atoms with van der Waals surface area (Å²) in [4.78, 5) is 28.8. The number of ether oxygens (including phenoxy) is 2. The van der Waals surface area contributed by atoms with Crippen molar-refractivity contribution in [2.75, 3.05) is 13.1 Å². The molecule has 2 heterocycles. The number of fused-ring (bicyclic) bond motifs is 2. The van der Waals surface area contributed by atoms with Crippen LogP contribution in [0.3, 0.4) is 0 Å². The van der Waals surface area contributed by atoms with Crippen molar-refractivity contribution in [1.82, 2.24) is 15.1 Å². The van der Waals surface area contributed by atoms with Crippen LogP contribution in [0.2, 0.25) is 0 Å². The quantitative estimate of drug-likeness (QED) is 0.839. The summed E-state index contributed by atoms with van der Waals surface area (Å²) in [7, 11) is 0. The van der Waals surface area contributed by atoms with Crippen LogP contribution in [0.5, 0.6) is 0 Å². The Morgan fingerprint density at radius 3 is 2.38 bits per heavy atom. The Bertz CT molecular complexity index is 742. The van der Waals surface area contributed by atoms with Crippen LogP contribution in [0, 0.1) is 0 Å². The molecule has 2 bridgehead atoms. The van der Waals surface area contributed by atoms with Gasteiger partial charge in [-0.3, -0.25) is 4.90 Å². The highest BCUT2D eigenvalue weighted by Gasteiger charge is 2.50. The SMILES string of the molecule is CC(C)(C)OC(=O)N1C[C@@H]2C[C@H]1CN2C1CC(NC(=O)OCc2ccccc2)C1. The number of hydrogen-bond acceptors (Lipinski definition) is 5. The highest BCUT2D eigenvalue weighted by Crippen LogP contribution is 2.38. The van der Waals surface area contributed by atoms with Gasteiger partial charge >= 0.3 is 12.2 Å². The van der Waals surface area contributed by atoms with Gasteiger partial charge in [-0.1, -0.05) is 30.3 Å². The van der Waals surface area contributed by atoms with Crippen LogP contribution in [-0.2, 0) is 16.1 Å². The number of nitrogens with zero attached hydrogens (tertiary/aromatic N) is 2. The molecule has 0 spiro atoms. The molecular formula is C22H31N3O4. The minimum absolute atomic E-state index is 0.171. The summed E-state index contributed by atoms with van der Waals surface area (Å²) in [5.74, 6) is 0. The second-order valence-electron chi connectivity index (χ2n) is 9.40. The van der Waals surface area contributed by atoms with Gasteiger partial charge < -0.3 is 19.7 Å². The van der Waals surface area contributed by atoms with Crippen molar-refractivity contribution >= 4 is 12.2 Å². The largest absolute Gasteiger partial charge is 0.445 e. The standard InChI is InChI=1S/C22H31N3O4/c1-22(2,3)29-21(27)25-13-18-11-19(25)12-24(18)17-9-16(10-17)23-20(26)28-14-15-7-5-4-6-8-15/h4-8,16-19H,9-14H2,1-3H3,(H,23,26)/t16?,17?,18-,19-/m0/s1. The first-order valence-electron chi connectivity index (χ1n) is 10.5. The molecule has 2 atom stereocenters. The first kappa shape index (κ1) is 20.0. The number of rotatable bonds is 4. The first-order chi connectivity index (χ1) is 13.8. The van der Waals surface area contributed by atoms with E-state index in [1.807, 2.05) is 56.0 Å². The molecule has 2 aliphatic heterocycles. The Labute approximate surface area is 172 Å². The van der Waals surface area contributed by atoms with Crippen molar-refractivity contribution < 1.29 is 19.1 Å². The highest BCUT2D eigenvalue weighted by atomic mass is 16.6. The van der Waals surface area contributed by atoms with Crippen molar-refractivity contribution in [3.63, 3.8) is 0 Å². The van der Waals surface area contributed by atoms with Gasteiger partial charge in [0.1, 0.15) is 12.2 Å². The van der Waals surface area contributed by atoms with E-state index >= 15 is 0 Å². The molecule has 2 saturated heterocycles. The van der Waals surface area contributed by atoms with Gasteiger partial charge in [0.2, 0.25) is 0 Å². The minimum Gasteiger partial charge on any atom is -0.445 e. The second-order valence-corrected chi connectivity index (χ2v) is 9.40. The van der Waals surface area contributed by atoms with Crippen molar-refractivity contribution in [2.45, 2.75) is 76.4 Å². The molecule has 29 heavy (non-hydrogen) atoms. The van der Waals surface area contributed by atoms with Crippen molar-refractivity contribution in [3.8, 4) is 0 Å². The molecule has 0 unspecified atom stereocenters. The molecule has 3 aliphatic rings. The fourth-order valence-corrected chi connectivity index (χ4v) is 4.60. The molecule has 7 heteroatoms. The molecule has 1 saturated carbocycles. The number of amides is 2. The predicted molar refractivity (Wildman–Crippen MR) is 108 cm³/mol. The molecule has 1 aliphatic carbocycles. The summed E-state index contributed by atoms with van der Waals surface area (Å²) in [6, 6.07) is 11.0. The van der Waals surface area contributed by atoms with Crippen LogP contribution >= 0.6 is 0 Å². The third-order valence-electron chi connectivity index (χ3n) is 6.03. The van der Waals surface area contributed by atoms with E-state index in [0.717, 1.165) is 37.9 Å². The number of benzene rings is 1. The zero-order valence-corrected chi connectivity index (χ0v) is 17.5. The van der Waals surface area contributed by atoms with Gasteiger partial charge in [-0.2, -0.15) is 0 Å². The lowest BCUT2D eigenvalue weighted by atomic mass is 9.85. The number of hydrogen-bond donors (Lipinski definition) is 1. The van der Waals surface area contributed by atoms with E-state index in [9.17, 15) is 9.59 Å². The molecule has 1 N–H and O–H groups in total. The Hall–Kier alpha value is -2.28. The van der Waals surface area contributed by atoms with Gasteiger partial charge in [0.25, 0.3) is 0 Å². The summed E-state index contributed by atoms with van der Waals surface area (Å²) in [6.07, 6.45) is 2.36. The third kappa shape index (κ3) is 4.66. The van der Waals surface area contributed by atoms with Crippen LogP contribution < -0.4 is 5.32 Å². The normalized spacial score (nSPS) is 28.7. The van der Waals surface area contributed by atoms with Gasteiger partial charge in [0.15, 0.2) is 0 Å². The smallest absolute Gasteiger partial charge is 0.410 e. The van der Waals surface area contributed by atoms with E-state index in [1.54, 1.807) is 0 Å². The van der Waals surface area contributed by atoms with Gasteiger partial charge in [0.05, 0.1) is 0 Å². The van der Waals surface area contributed by atoms with Crippen molar-refractivity contribution in [2.24, 2.45) is 0 Å². The maximum Gasteiger partial charge on any atom is 0.410 e. The fraction of sp³-hybridized carbons (Fsp3) is 0.636. The summed E-state index contributed by atoms with van der Waals surface area (Å²) < 4.78 is 10.8. The Morgan fingerprint density at radius 2 is 1.76 bits per heavy atom. The predicted octanol–water partition coefficient (Wildman–Crippen LogP) is 3.14. The lowest BCUT2D eigenvalue weighted by Crippen LogP contribution is -2.59. The van der Waals surface area contributed by atoms with E-state index in [0.29, 0.717) is 18.7 Å². The van der Waals surface area contributed by atoms with Crippen LogP contribution in [0.1, 0.15) is 45.6 Å². The summed E-state index contributed by atoms with van der Waals surface area (Å²) in [5.41, 5.74) is 0.525. The fourth-order valence-electron chi connectivity index (χ4n) is 4.60. The highest BCUT2D eigenvalue weighted by molar-refractivity contribution is 5.69. The Kier molecular flexibility index (Phi) is 5.42. The van der Waals surface area contributed by atoms with Crippen LogP contribution in [0.25, 0.3) is 0 Å². The molecule has 4 rings (SSSR count). The number of carbonyl (C=O) groups excluding carboxylic acids is 2. The van der Waals surface area contributed by atoms with Gasteiger partial charge in [-0.15, -0.1) is 0 Å². The number of piperazine rings is 1. The minimum atomic E-state index is -0.458. The molecule has 7 nitrogen and oxygen atoms in total. The van der Waals surface area contributed by atoms with E-state index in [2.05, 4.69) is 10.2 Å². The van der Waals surface area contributed by atoms with E-state index in [-0.39, 0.29) is 24.3 Å². The molecule has 0 aromatic heterocycles. The number of likely N-dealkylation sites (tertiary alicyclic amines) is 2. The maximum absolute atomic E-state index is 12.4. The molecule has 158 valence electrons. The van der Waals surface area contributed by atoms with Gasteiger partial charge in [-0.05, 0) is 45.6 Å². The third-order valence-corrected chi connectivity index (χ3v) is 6.03. The molecule has 1 aromatic carbocycles. The number of nitrogens with one attached hydrogen (secondary N) is 1. The molecule has 2 amide bonds. The summed E-state index contributed by atoms with van der Waals surface area (Å²) in [6.45, 7) is 7.64.